The lowest BCUT2D eigenvalue weighted by atomic mass is 10.0. The van der Waals surface area contributed by atoms with Gasteiger partial charge in [0.25, 0.3) is 0 Å². The number of urea groups is 1. The highest BCUT2D eigenvalue weighted by Crippen LogP contribution is 2.21. The fraction of sp³-hybridized carbons (Fsp3) is 0.409. The van der Waals surface area contributed by atoms with Crippen LogP contribution in [0.2, 0.25) is 0 Å². The number of carbonyl (C=O) groups excluding carboxylic acids is 1. The van der Waals surface area contributed by atoms with E-state index in [1.54, 1.807) is 0 Å². The second-order valence-electron chi connectivity index (χ2n) is 7.01. The zero-order valence-corrected chi connectivity index (χ0v) is 16.2. The largest absolute Gasteiger partial charge is 0.379 e. The van der Waals surface area contributed by atoms with Crippen LogP contribution in [0.5, 0.6) is 0 Å². The lowest BCUT2D eigenvalue weighted by molar-refractivity contribution is 0.0167. The van der Waals surface area contributed by atoms with E-state index >= 15 is 0 Å². The molecule has 0 spiro atoms. The van der Waals surface area contributed by atoms with Crippen molar-refractivity contribution < 1.29 is 9.53 Å². The van der Waals surface area contributed by atoms with Crippen LogP contribution in [-0.2, 0) is 4.74 Å². The van der Waals surface area contributed by atoms with E-state index < -0.39 is 0 Å². The molecule has 2 aromatic carbocycles. The number of morpholine rings is 1. The molecule has 0 unspecified atom stereocenters. The van der Waals surface area contributed by atoms with E-state index in [1.165, 1.54) is 11.1 Å². The van der Waals surface area contributed by atoms with Crippen molar-refractivity contribution in [1.29, 1.82) is 0 Å². The topological polar surface area (TPSA) is 53.6 Å². The molecule has 1 saturated heterocycles. The van der Waals surface area contributed by atoms with Crippen LogP contribution in [0.4, 0.5) is 4.79 Å². The number of amides is 2. The Bertz CT molecular complexity index is 729. The average molecular weight is 367 g/mol. The third-order valence-electron chi connectivity index (χ3n) is 5.13. The molecular formula is C22H29N3O2. The van der Waals surface area contributed by atoms with Crippen molar-refractivity contribution in [2.24, 2.45) is 0 Å². The molecule has 3 rings (SSSR count). The van der Waals surface area contributed by atoms with Crippen molar-refractivity contribution >= 4 is 6.03 Å². The highest BCUT2D eigenvalue weighted by atomic mass is 16.5. The maximum absolute atomic E-state index is 12.5. The summed E-state index contributed by atoms with van der Waals surface area (Å²) in [7, 11) is 0. The summed E-state index contributed by atoms with van der Waals surface area (Å²) in [5.74, 6) is 0. The summed E-state index contributed by atoms with van der Waals surface area (Å²) in [5, 5.41) is 6.12. The maximum Gasteiger partial charge on any atom is 0.315 e. The molecule has 2 atom stereocenters. The van der Waals surface area contributed by atoms with Crippen molar-refractivity contribution in [1.82, 2.24) is 15.5 Å². The van der Waals surface area contributed by atoms with Gasteiger partial charge >= 0.3 is 6.03 Å². The highest BCUT2D eigenvalue weighted by molar-refractivity contribution is 5.74. The van der Waals surface area contributed by atoms with E-state index in [0.717, 1.165) is 31.9 Å². The zero-order valence-electron chi connectivity index (χ0n) is 16.2. The second-order valence-corrected chi connectivity index (χ2v) is 7.01. The minimum absolute atomic E-state index is 0.0373. The Hall–Kier alpha value is -2.37. The normalized spacial score (nSPS) is 17.1. The van der Waals surface area contributed by atoms with Crippen LogP contribution in [0.3, 0.4) is 0 Å². The summed E-state index contributed by atoms with van der Waals surface area (Å²) in [6.45, 7) is 7.87. The summed E-state index contributed by atoms with van der Waals surface area (Å²) in [4.78, 5) is 14.9. The van der Waals surface area contributed by atoms with Crippen LogP contribution in [0, 0.1) is 6.92 Å². The molecule has 0 aliphatic carbocycles. The number of hydrogen-bond acceptors (Lipinski definition) is 3. The molecule has 27 heavy (non-hydrogen) atoms. The first-order valence-corrected chi connectivity index (χ1v) is 9.62. The Morgan fingerprint density at radius 1 is 1.07 bits per heavy atom. The van der Waals surface area contributed by atoms with Gasteiger partial charge in [-0.1, -0.05) is 54.6 Å². The van der Waals surface area contributed by atoms with Gasteiger partial charge in [0, 0.05) is 19.6 Å². The molecule has 1 fully saturated rings. The quantitative estimate of drug-likeness (QED) is 0.822. The zero-order chi connectivity index (χ0) is 19.1. The molecule has 5 heteroatoms. The lowest BCUT2D eigenvalue weighted by Gasteiger charge is -2.35. The number of ether oxygens (including phenoxy) is 1. The van der Waals surface area contributed by atoms with Gasteiger partial charge in [-0.15, -0.1) is 0 Å². The number of hydrogen-bond donors (Lipinski definition) is 2. The molecule has 2 amide bonds. The monoisotopic (exact) mass is 367 g/mol. The summed E-state index contributed by atoms with van der Waals surface area (Å²) < 4.78 is 5.48. The Kier molecular flexibility index (Phi) is 6.85. The van der Waals surface area contributed by atoms with Crippen LogP contribution in [0.25, 0.3) is 0 Å². The van der Waals surface area contributed by atoms with Crippen LogP contribution in [0.15, 0.2) is 54.6 Å². The van der Waals surface area contributed by atoms with Gasteiger partial charge in [-0.25, -0.2) is 4.79 Å². The lowest BCUT2D eigenvalue weighted by Crippen LogP contribution is -2.46. The smallest absolute Gasteiger partial charge is 0.315 e. The van der Waals surface area contributed by atoms with E-state index in [0.29, 0.717) is 6.54 Å². The summed E-state index contributed by atoms with van der Waals surface area (Å²) in [6, 6.07) is 18.5. The molecular weight excluding hydrogens is 338 g/mol. The second kappa shape index (κ2) is 9.53. The van der Waals surface area contributed by atoms with Crippen LogP contribution >= 0.6 is 0 Å². The third kappa shape index (κ3) is 5.31. The summed E-state index contributed by atoms with van der Waals surface area (Å²) in [6.07, 6.45) is 0. The number of rotatable bonds is 6. The van der Waals surface area contributed by atoms with Crippen molar-refractivity contribution in [3.8, 4) is 0 Å². The number of aryl methyl sites for hydroxylation is 1. The van der Waals surface area contributed by atoms with E-state index in [-0.39, 0.29) is 18.1 Å². The van der Waals surface area contributed by atoms with E-state index in [9.17, 15) is 4.79 Å². The number of benzene rings is 2. The van der Waals surface area contributed by atoms with Crippen molar-refractivity contribution in [2.45, 2.75) is 25.9 Å². The Morgan fingerprint density at radius 2 is 1.74 bits per heavy atom. The number of carbonyl (C=O) groups is 1. The maximum atomic E-state index is 12.5. The highest BCUT2D eigenvalue weighted by Gasteiger charge is 2.23. The van der Waals surface area contributed by atoms with Gasteiger partial charge in [-0.05, 0) is 30.5 Å². The van der Waals surface area contributed by atoms with Crippen LogP contribution in [0.1, 0.15) is 35.7 Å². The molecule has 2 aromatic rings. The van der Waals surface area contributed by atoms with Gasteiger partial charge in [-0.3, -0.25) is 4.90 Å². The average Bonchev–Trinajstić information content (AvgIpc) is 2.70. The van der Waals surface area contributed by atoms with Gasteiger partial charge < -0.3 is 15.4 Å². The standard InChI is InChI=1S/C22H29N3O2/c1-17-8-6-7-11-20(17)18(2)24-22(26)23-16-21(19-9-4-3-5-10-19)25-12-14-27-15-13-25/h3-11,18,21H,12-16H2,1-2H3,(H2,23,24,26)/t18-,21-/m1/s1. The van der Waals surface area contributed by atoms with Gasteiger partial charge in [0.05, 0.1) is 25.3 Å². The fourth-order valence-electron chi connectivity index (χ4n) is 3.61. The number of nitrogens with one attached hydrogen (secondary N) is 2. The molecule has 0 saturated carbocycles. The summed E-state index contributed by atoms with van der Waals surface area (Å²) in [5.41, 5.74) is 3.54. The molecule has 0 bridgehead atoms. The molecule has 1 aliphatic heterocycles. The Labute approximate surface area is 161 Å². The van der Waals surface area contributed by atoms with Crippen molar-refractivity contribution in [2.75, 3.05) is 32.8 Å². The van der Waals surface area contributed by atoms with Gasteiger partial charge in [0.1, 0.15) is 0 Å². The van der Waals surface area contributed by atoms with Crippen molar-refractivity contribution in [3.63, 3.8) is 0 Å². The number of nitrogens with zero attached hydrogens (tertiary/aromatic N) is 1. The first-order chi connectivity index (χ1) is 13.1. The molecule has 0 aromatic heterocycles. The molecule has 0 radical (unpaired) electrons. The molecule has 5 nitrogen and oxygen atoms in total. The molecule has 1 aliphatic rings. The fourth-order valence-corrected chi connectivity index (χ4v) is 3.61. The molecule has 144 valence electrons. The van der Waals surface area contributed by atoms with E-state index in [2.05, 4.69) is 46.7 Å². The van der Waals surface area contributed by atoms with Gasteiger partial charge in [-0.2, -0.15) is 0 Å². The summed E-state index contributed by atoms with van der Waals surface area (Å²) >= 11 is 0. The van der Waals surface area contributed by atoms with Crippen molar-refractivity contribution in [3.05, 3.63) is 71.3 Å². The Balaban J connectivity index is 1.61. The first-order valence-electron chi connectivity index (χ1n) is 9.62. The third-order valence-corrected chi connectivity index (χ3v) is 5.13. The predicted octanol–water partition coefficient (Wildman–Crippen LogP) is 3.43. The van der Waals surface area contributed by atoms with Crippen LogP contribution < -0.4 is 10.6 Å². The predicted molar refractivity (Wildman–Crippen MR) is 108 cm³/mol. The molecule has 1 heterocycles. The van der Waals surface area contributed by atoms with E-state index in [1.807, 2.05) is 37.3 Å². The van der Waals surface area contributed by atoms with Gasteiger partial charge in [0.15, 0.2) is 0 Å². The minimum atomic E-state index is -0.139. The Morgan fingerprint density at radius 3 is 2.44 bits per heavy atom. The van der Waals surface area contributed by atoms with E-state index in [4.69, 9.17) is 4.74 Å². The molecule has 2 N–H and O–H groups in total. The minimum Gasteiger partial charge on any atom is -0.379 e. The van der Waals surface area contributed by atoms with Crippen LogP contribution in [-0.4, -0.2) is 43.8 Å². The first kappa shape index (κ1) is 19.4. The SMILES string of the molecule is Cc1ccccc1[C@@H](C)NC(=O)NC[C@H](c1ccccc1)N1CCOCC1. The van der Waals surface area contributed by atoms with Gasteiger partial charge in [0.2, 0.25) is 0 Å².